The number of nitrogens with zero attached hydrogens (tertiary/aromatic N) is 1. The zero-order valence-electron chi connectivity index (χ0n) is 17.8. The van der Waals surface area contributed by atoms with Gasteiger partial charge in [-0.25, -0.2) is 8.42 Å². The first kappa shape index (κ1) is 22.3. The highest BCUT2D eigenvalue weighted by atomic mass is 32.2. The third-order valence-electron chi connectivity index (χ3n) is 5.35. The van der Waals surface area contributed by atoms with E-state index in [1.807, 2.05) is 19.1 Å². The number of benzene rings is 2. The quantitative estimate of drug-likeness (QED) is 0.694. The number of rotatable bonds is 8. The van der Waals surface area contributed by atoms with Crippen molar-refractivity contribution in [2.45, 2.75) is 51.0 Å². The van der Waals surface area contributed by atoms with Gasteiger partial charge < -0.3 is 10.1 Å². The van der Waals surface area contributed by atoms with E-state index < -0.39 is 10.0 Å². The van der Waals surface area contributed by atoms with E-state index >= 15 is 0 Å². The van der Waals surface area contributed by atoms with Gasteiger partial charge in [-0.2, -0.15) is 4.31 Å². The molecular formula is C23H30N2O4S. The largest absolute Gasteiger partial charge is 0.483 e. The van der Waals surface area contributed by atoms with Crippen LogP contribution in [-0.2, 0) is 21.4 Å². The van der Waals surface area contributed by atoms with Gasteiger partial charge in [0.2, 0.25) is 10.0 Å². The van der Waals surface area contributed by atoms with Gasteiger partial charge in [0.1, 0.15) is 5.75 Å². The molecule has 1 N–H and O–H groups in total. The maximum atomic E-state index is 12.6. The van der Waals surface area contributed by atoms with Crippen LogP contribution in [0.15, 0.2) is 47.4 Å². The summed E-state index contributed by atoms with van der Waals surface area (Å²) in [5, 5.41) is 2.82. The van der Waals surface area contributed by atoms with Crippen LogP contribution in [0.25, 0.3) is 0 Å². The van der Waals surface area contributed by atoms with Crippen molar-refractivity contribution in [2.24, 2.45) is 0 Å². The summed E-state index contributed by atoms with van der Waals surface area (Å²) in [5.74, 6) is 0.880. The molecule has 6 nitrogen and oxygen atoms in total. The highest BCUT2D eigenvalue weighted by molar-refractivity contribution is 7.89. The summed E-state index contributed by atoms with van der Waals surface area (Å²) in [4.78, 5) is 12.5. The first-order valence-corrected chi connectivity index (χ1v) is 11.8. The first-order valence-electron chi connectivity index (χ1n) is 10.4. The molecule has 2 aromatic rings. The Kier molecular flexibility index (Phi) is 7.15. The van der Waals surface area contributed by atoms with E-state index in [1.165, 1.54) is 9.87 Å². The Labute approximate surface area is 179 Å². The van der Waals surface area contributed by atoms with E-state index in [4.69, 9.17) is 4.74 Å². The molecule has 2 aromatic carbocycles. The number of carbonyl (C=O) groups excluding carboxylic acids is 1. The molecular weight excluding hydrogens is 400 g/mol. The topological polar surface area (TPSA) is 75.7 Å². The van der Waals surface area contributed by atoms with Crippen LogP contribution in [0.2, 0.25) is 0 Å². The Balaban J connectivity index is 1.52. The van der Waals surface area contributed by atoms with Gasteiger partial charge in [0.05, 0.1) is 4.90 Å². The second-order valence-electron chi connectivity index (χ2n) is 8.00. The molecule has 0 aliphatic carbocycles. The molecule has 1 heterocycles. The Morgan fingerprint density at radius 2 is 1.77 bits per heavy atom. The van der Waals surface area contributed by atoms with Gasteiger partial charge in [0.15, 0.2) is 6.61 Å². The molecule has 7 heteroatoms. The third kappa shape index (κ3) is 5.40. The first-order chi connectivity index (χ1) is 14.3. The number of ether oxygens (including phenoxy) is 1. The molecule has 1 amide bonds. The van der Waals surface area contributed by atoms with Crippen molar-refractivity contribution in [1.29, 1.82) is 0 Å². The van der Waals surface area contributed by atoms with Crippen molar-refractivity contribution in [2.75, 3.05) is 19.7 Å². The molecule has 0 bridgehead atoms. The van der Waals surface area contributed by atoms with E-state index in [1.54, 1.807) is 24.3 Å². The van der Waals surface area contributed by atoms with Crippen LogP contribution in [0.5, 0.6) is 5.75 Å². The van der Waals surface area contributed by atoms with Crippen molar-refractivity contribution >= 4 is 15.9 Å². The molecule has 0 aromatic heterocycles. The smallest absolute Gasteiger partial charge is 0.258 e. The summed E-state index contributed by atoms with van der Waals surface area (Å²) in [6, 6.07) is 12.7. The lowest BCUT2D eigenvalue weighted by molar-refractivity contribution is -0.123. The van der Waals surface area contributed by atoms with Gasteiger partial charge in [-0.15, -0.1) is 0 Å². The summed E-state index contributed by atoms with van der Waals surface area (Å²) < 4.78 is 32.4. The zero-order chi connectivity index (χ0) is 21.7. The minimum absolute atomic E-state index is 0.0657. The average molecular weight is 431 g/mol. The zero-order valence-corrected chi connectivity index (χ0v) is 18.7. The highest BCUT2D eigenvalue weighted by Gasteiger charge is 2.26. The molecule has 0 spiro atoms. The molecule has 0 radical (unpaired) electrons. The summed E-state index contributed by atoms with van der Waals surface area (Å²) in [6.07, 6.45) is 1.82. The van der Waals surface area contributed by atoms with E-state index in [2.05, 4.69) is 25.2 Å². The number of sulfonamides is 1. The number of nitrogens with one attached hydrogen (secondary N) is 1. The van der Waals surface area contributed by atoms with E-state index in [9.17, 15) is 13.2 Å². The van der Waals surface area contributed by atoms with Crippen LogP contribution in [0.4, 0.5) is 0 Å². The third-order valence-corrected chi connectivity index (χ3v) is 7.27. The molecule has 162 valence electrons. The summed E-state index contributed by atoms with van der Waals surface area (Å²) >= 11 is 0. The number of aryl methyl sites for hydroxylation is 1. The maximum Gasteiger partial charge on any atom is 0.258 e. The van der Waals surface area contributed by atoms with Crippen LogP contribution >= 0.6 is 0 Å². The summed E-state index contributed by atoms with van der Waals surface area (Å²) in [7, 11) is -3.41. The lowest BCUT2D eigenvalue weighted by atomic mass is 10.0. The Morgan fingerprint density at radius 3 is 2.40 bits per heavy atom. The predicted molar refractivity (Wildman–Crippen MR) is 117 cm³/mol. The number of carbonyl (C=O) groups is 1. The fraction of sp³-hybridized carbons (Fsp3) is 0.435. The second kappa shape index (κ2) is 9.62. The minimum Gasteiger partial charge on any atom is -0.483 e. The Morgan fingerprint density at radius 1 is 1.10 bits per heavy atom. The maximum absolute atomic E-state index is 12.6. The normalized spacial score (nSPS) is 14.8. The van der Waals surface area contributed by atoms with Crippen molar-refractivity contribution in [3.63, 3.8) is 0 Å². The van der Waals surface area contributed by atoms with Gasteiger partial charge in [0, 0.05) is 19.6 Å². The van der Waals surface area contributed by atoms with E-state index in [-0.39, 0.29) is 12.5 Å². The van der Waals surface area contributed by atoms with Crippen LogP contribution in [0, 0.1) is 6.92 Å². The molecule has 0 saturated carbocycles. The lowest BCUT2D eigenvalue weighted by Crippen LogP contribution is -2.29. The average Bonchev–Trinajstić information content (AvgIpc) is 3.27. The van der Waals surface area contributed by atoms with Gasteiger partial charge in [0.25, 0.3) is 5.91 Å². The van der Waals surface area contributed by atoms with Crippen molar-refractivity contribution < 1.29 is 17.9 Å². The van der Waals surface area contributed by atoms with Gasteiger partial charge in [-0.05, 0) is 60.6 Å². The van der Waals surface area contributed by atoms with Crippen LogP contribution < -0.4 is 10.1 Å². The monoisotopic (exact) mass is 430 g/mol. The fourth-order valence-electron chi connectivity index (χ4n) is 3.38. The molecule has 30 heavy (non-hydrogen) atoms. The SMILES string of the molecule is Cc1ccc(C(C)C)cc1OCC(=O)NCc1ccc(S(=O)(=O)N2CCCC2)cc1. The van der Waals surface area contributed by atoms with Gasteiger partial charge >= 0.3 is 0 Å². The fourth-order valence-corrected chi connectivity index (χ4v) is 4.90. The molecule has 1 fully saturated rings. The number of amides is 1. The van der Waals surface area contributed by atoms with Crippen LogP contribution in [0.3, 0.4) is 0 Å². The van der Waals surface area contributed by atoms with Crippen molar-refractivity contribution in [3.8, 4) is 5.75 Å². The highest BCUT2D eigenvalue weighted by Crippen LogP contribution is 2.24. The summed E-state index contributed by atoms with van der Waals surface area (Å²) in [5.41, 5.74) is 2.99. The minimum atomic E-state index is -3.41. The van der Waals surface area contributed by atoms with Gasteiger partial charge in [-0.3, -0.25) is 4.79 Å². The standard InChI is InChI=1S/C23H30N2O4S/c1-17(2)20-9-6-18(3)22(14-20)29-16-23(26)24-15-19-7-10-21(11-8-19)30(27,28)25-12-4-5-13-25/h6-11,14,17H,4-5,12-13,15-16H2,1-3H3,(H,24,26). The Bertz CT molecular complexity index is 979. The lowest BCUT2D eigenvalue weighted by Gasteiger charge is -2.15. The Hall–Kier alpha value is -2.38. The summed E-state index contributed by atoms with van der Waals surface area (Å²) in [6.45, 7) is 7.60. The molecule has 1 saturated heterocycles. The molecule has 0 unspecified atom stereocenters. The van der Waals surface area contributed by atoms with E-state index in [0.717, 1.165) is 24.0 Å². The second-order valence-corrected chi connectivity index (χ2v) is 9.94. The molecule has 3 rings (SSSR count). The van der Waals surface area contributed by atoms with Crippen molar-refractivity contribution in [1.82, 2.24) is 9.62 Å². The number of hydrogen-bond donors (Lipinski definition) is 1. The molecule has 1 aliphatic heterocycles. The van der Waals surface area contributed by atoms with Crippen LogP contribution in [0.1, 0.15) is 49.3 Å². The number of hydrogen-bond acceptors (Lipinski definition) is 4. The van der Waals surface area contributed by atoms with Gasteiger partial charge in [-0.1, -0.05) is 38.1 Å². The van der Waals surface area contributed by atoms with Crippen molar-refractivity contribution in [3.05, 3.63) is 59.2 Å². The molecule has 1 aliphatic rings. The molecule has 0 atom stereocenters. The van der Waals surface area contributed by atoms with E-state index in [0.29, 0.717) is 36.2 Å². The predicted octanol–water partition coefficient (Wildman–Crippen LogP) is 3.60. The van der Waals surface area contributed by atoms with Crippen LogP contribution in [-0.4, -0.2) is 38.3 Å².